The molecule has 1 atom stereocenters. The molecule has 0 aliphatic rings. The average Bonchev–Trinajstić information content (AvgIpc) is 2.20. The summed E-state index contributed by atoms with van der Waals surface area (Å²) in [5, 5.41) is 3.29. The van der Waals surface area contributed by atoms with E-state index in [0.717, 1.165) is 5.75 Å². The quantitative estimate of drug-likeness (QED) is 0.767. The summed E-state index contributed by atoms with van der Waals surface area (Å²) in [4.78, 5) is 0. The van der Waals surface area contributed by atoms with Crippen molar-refractivity contribution in [3.05, 3.63) is 34.9 Å². The standard InChI is InChI=1S/C14H23NS/c1-10-8-11(14(2,3)4)6-7-12(10)13(9-16)15-5/h6-8,13,15-16H,9H2,1-5H3. The van der Waals surface area contributed by atoms with Crippen LogP contribution in [0.2, 0.25) is 0 Å². The van der Waals surface area contributed by atoms with E-state index >= 15 is 0 Å². The van der Waals surface area contributed by atoms with Crippen molar-refractivity contribution in [1.82, 2.24) is 5.32 Å². The predicted molar refractivity (Wildman–Crippen MR) is 75.5 cm³/mol. The van der Waals surface area contributed by atoms with Crippen LogP contribution >= 0.6 is 12.6 Å². The molecule has 90 valence electrons. The largest absolute Gasteiger partial charge is 0.312 e. The zero-order valence-electron chi connectivity index (χ0n) is 11.0. The third-order valence-corrected chi connectivity index (χ3v) is 3.41. The molecule has 1 rings (SSSR count). The highest BCUT2D eigenvalue weighted by atomic mass is 32.1. The molecule has 0 aliphatic heterocycles. The Hall–Kier alpha value is -0.470. The van der Waals surface area contributed by atoms with Crippen molar-refractivity contribution >= 4 is 12.6 Å². The fourth-order valence-corrected chi connectivity index (χ4v) is 2.26. The Balaban J connectivity index is 3.09. The second-order valence-corrected chi connectivity index (χ2v) is 5.71. The van der Waals surface area contributed by atoms with Crippen LogP contribution in [0.25, 0.3) is 0 Å². The SMILES string of the molecule is CNC(CS)c1ccc(C(C)(C)C)cc1C. The highest BCUT2D eigenvalue weighted by molar-refractivity contribution is 7.80. The van der Waals surface area contributed by atoms with Gasteiger partial charge in [-0.2, -0.15) is 12.6 Å². The third kappa shape index (κ3) is 3.02. The molecule has 1 unspecified atom stereocenters. The van der Waals surface area contributed by atoms with Gasteiger partial charge in [-0.25, -0.2) is 0 Å². The molecule has 0 aromatic heterocycles. The number of benzene rings is 1. The highest BCUT2D eigenvalue weighted by Crippen LogP contribution is 2.27. The van der Waals surface area contributed by atoms with E-state index in [-0.39, 0.29) is 5.41 Å². The van der Waals surface area contributed by atoms with Crippen molar-refractivity contribution in [3.63, 3.8) is 0 Å². The summed E-state index contributed by atoms with van der Waals surface area (Å²) in [5.74, 6) is 0.826. The Labute approximate surface area is 105 Å². The summed E-state index contributed by atoms with van der Waals surface area (Å²) in [7, 11) is 1.98. The molecule has 0 spiro atoms. The summed E-state index contributed by atoms with van der Waals surface area (Å²) in [6.07, 6.45) is 0. The molecule has 0 saturated carbocycles. The maximum Gasteiger partial charge on any atom is 0.0409 e. The van der Waals surface area contributed by atoms with Crippen molar-refractivity contribution in [1.29, 1.82) is 0 Å². The molecule has 16 heavy (non-hydrogen) atoms. The molecule has 0 radical (unpaired) electrons. The number of rotatable bonds is 3. The van der Waals surface area contributed by atoms with E-state index in [0.29, 0.717) is 6.04 Å². The summed E-state index contributed by atoms with van der Waals surface area (Å²) in [5.41, 5.74) is 4.31. The van der Waals surface area contributed by atoms with Gasteiger partial charge < -0.3 is 5.32 Å². The molecule has 1 N–H and O–H groups in total. The van der Waals surface area contributed by atoms with Gasteiger partial charge in [0, 0.05) is 11.8 Å². The van der Waals surface area contributed by atoms with E-state index in [1.165, 1.54) is 16.7 Å². The molecule has 0 amide bonds. The van der Waals surface area contributed by atoms with E-state index in [9.17, 15) is 0 Å². The van der Waals surface area contributed by atoms with Crippen LogP contribution in [0.1, 0.15) is 43.5 Å². The zero-order valence-corrected chi connectivity index (χ0v) is 11.9. The van der Waals surface area contributed by atoms with Gasteiger partial charge >= 0.3 is 0 Å². The number of hydrogen-bond donors (Lipinski definition) is 2. The van der Waals surface area contributed by atoms with Crippen LogP contribution in [0.3, 0.4) is 0 Å². The van der Waals surface area contributed by atoms with Crippen LogP contribution < -0.4 is 5.32 Å². The van der Waals surface area contributed by atoms with Gasteiger partial charge in [0.2, 0.25) is 0 Å². The van der Waals surface area contributed by atoms with Crippen LogP contribution in [0.15, 0.2) is 18.2 Å². The van der Waals surface area contributed by atoms with Crippen molar-refractivity contribution in [2.75, 3.05) is 12.8 Å². The fraction of sp³-hybridized carbons (Fsp3) is 0.571. The minimum Gasteiger partial charge on any atom is -0.312 e. The van der Waals surface area contributed by atoms with Gasteiger partial charge in [0.15, 0.2) is 0 Å². The second-order valence-electron chi connectivity index (χ2n) is 5.35. The Kier molecular flexibility index (Phi) is 4.45. The van der Waals surface area contributed by atoms with Crippen LogP contribution in [-0.2, 0) is 5.41 Å². The van der Waals surface area contributed by atoms with E-state index in [1.54, 1.807) is 0 Å². The Morgan fingerprint density at radius 3 is 2.31 bits per heavy atom. The molecule has 1 aromatic carbocycles. The zero-order chi connectivity index (χ0) is 12.3. The fourth-order valence-electron chi connectivity index (χ4n) is 1.88. The van der Waals surface area contributed by atoms with E-state index < -0.39 is 0 Å². The molecular weight excluding hydrogens is 214 g/mol. The van der Waals surface area contributed by atoms with Gasteiger partial charge in [0.05, 0.1) is 0 Å². The van der Waals surface area contributed by atoms with Crippen LogP contribution in [-0.4, -0.2) is 12.8 Å². The predicted octanol–water partition coefficient (Wildman–Crippen LogP) is 3.48. The molecule has 0 fully saturated rings. The van der Waals surface area contributed by atoms with Crippen molar-refractivity contribution in [2.24, 2.45) is 0 Å². The molecule has 1 nitrogen and oxygen atoms in total. The van der Waals surface area contributed by atoms with E-state index in [2.05, 4.69) is 63.8 Å². The highest BCUT2D eigenvalue weighted by Gasteiger charge is 2.16. The summed E-state index contributed by atoms with van der Waals surface area (Å²) >= 11 is 4.37. The molecule has 0 bridgehead atoms. The minimum absolute atomic E-state index is 0.222. The van der Waals surface area contributed by atoms with Gasteiger partial charge in [-0.3, -0.25) is 0 Å². The molecule has 0 heterocycles. The summed E-state index contributed by atoms with van der Waals surface area (Å²) in [6.45, 7) is 8.92. The Bertz CT molecular complexity index is 348. The minimum atomic E-state index is 0.222. The molecule has 0 aliphatic carbocycles. The number of aryl methyl sites for hydroxylation is 1. The first kappa shape index (κ1) is 13.6. The lowest BCUT2D eigenvalue weighted by Crippen LogP contribution is -2.19. The summed E-state index contributed by atoms with van der Waals surface area (Å²) in [6, 6.07) is 7.10. The summed E-state index contributed by atoms with van der Waals surface area (Å²) < 4.78 is 0. The molecular formula is C14H23NS. The lowest BCUT2D eigenvalue weighted by molar-refractivity contribution is 0.587. The number of nitrogens with one attached hydrogen (secondary N) is 1. The number of hydrogen-bond acceptors (Lipinski definition) is 2. The lowest BCUT2D eigenvalue weighted by atomic mass is 9.85. The van der Waals surface area contributed by atoms with Crippen molar-refractivity contribution in [3.8, 4) is 0 Å². The van der Waals surface area contributed by atoms with Crippen LogP contribution in [0.4, 0.5) is 0 Å². The van der Waals surface area contributed by atoms with Crippen LogP contribution in [0, 0.1) is 6.92 Å². The maximum atomic E-state index is 4.37. The van der Waals surface area contributed by atoms with Crippen LogP contribution in [0.5, 0.6) is 0 Å². The van der Waals surface area contributed by atoms with Gasteiger partial charge in [-0.1, -0.05) is 39.0 Å². The first-order chi connectivity index (χ1) is 7.40. The van der Waals surface area contributed by atoms with Gasteiger partial charge in [0.1, 0.15) is 0 Å². The monoisotopic (exact) mass is 237 g/mol. The van der Waals surface area contributed by atoms with E-state index in [1.807, 2.05) is 7.05 Å². The smallest absolute Gasteiger partial charge is 0.0409 e. The second kappa shape index (κ2) is 5.24. The first-order valence-corrected chi connectivity index (χ1v) is 6.42. The number of thiol groups is 1. The van der Waals surface area contributed by atoms with Crippen molar-refractivity contribution < 1.29 is 0 Å². The molecule has 1 aromatic rings. The van der Waals surface area contributed by atoms with Gasteiger partial charge in [-0.15, -0.1) is 0 Å². The Morgan fingerprint density at radius 1 is 1.31 bits per heavy atom. The first-order valence-electron chi connectivity index (χ1n) is 5.79. The van der Waals surface area contributed by atoms with Gasteiger partial charge in [0.25, 0.3) is 0 Å². The molecule has 2 heteroatoms. The van der Waals surface area contributed by atoms with Crippen molar-refractivity contribution in [2.45, 2.75) is 39.2 Å². The third-order valence-electron chi connectivity index (χ3n) is 3.04. The van der Waals surface area contributed by atoms with Gasteiger partial charge in [-0.05, 0) is 36.1 Å². The Morgan fingerprint density at radius 2 is 1.94 bits per heavy atom. The van der Waals surface area contributed by atoms with E-state index in [4.69, 9.17) is 0 Å². The average molecular weight is 237 g/mol. The maximum absolute atomic E-state index is 4.37. The topological polar surface area (TPSA) is 12.0 Å². The molecule has 0 saturated heterocycles. The lowest BCUT2D eigenvalue weighted by Gasteiger charge is -2.23. The normalized spacial score (nSPS) is 13.9.